The number of fused-ring (bicyclic) bond motifs is 5. The molecule has 0 heterocycles. The largest absolute Gasteiger partial charge is 0.392 e. The Kier molecular flexibility index (Phi) is 4.19. The normalized spacial score (nSPS) is 52.5. The molecule has 0 spiro atoms. The van der Waals surface area contributed by atoms with Gasteiger partial charge in [0.1, 0.15) is 0 Å². The molecular formula is C23H31FO4. The molecule has 3 fully saturated rings. The maximum atomic E-state index is 16.9. The standard InChI is InChI=1S/C23H31FO4/c1-13-9-18-17-6-5-15-10-16(26)7-8-20(15,3)22(17,24)19(27)11-21(18,4)23(13,28)14(2)12-25/h7-8,10,13,17-19,25,27-28H,2,5-6,9,11-12H2,1,3-4H3/t13-,17-,18-,19+,20-,21-,22-,23-/m0/s1. The summed E-state index contributed by atoms with van der Waals surface area (Å²) in [6.45, 7) is 9.21. The summed E-state index contributed by atoms with van der Waals surface area (Å²) in [7, 11) is 0. The van der Waals surface area contributed by atoms with Crippen LogP contribution in [-0.4, -0.2) is 45.1 Å². The minimum absolute atomic E-state index is 0.0924. The molecule has 0 aromatic heterocycles. The SMILES string of the molecule is C=C(CO)[C@@]1(O)[C@@H](C)C[C@H]2[C@@H]3CCC4=CC(=O)C=C[C@]4(C)[C@@]3(F)[C@H](O)C[C@@]21C. The van der Waals surface area contributed by atoms with Crippen LogP contribution in [0.1, 0.15) is 46.5 Å². The van der Waals surface area contributed by atoms with Crippen LogP contribution in [0.5, 0.6) is 0 Å². The van der Waals surface area contributed by atoms with Gasteiger partial charge in [-0.15, -0.1) is 0 Å². The third-order valence-corrected chi connectivity index (χ3v) is 8.95. The van der Waals surface area contributed by atoms with Crippen molar-refractivity contribution in [2.24, 2.45) is 28.6 Å². The molecule has 0 radical (unpaired) electrons. The van der Waals surface area contributed by atoms with Crippen LogP contribution in [0.15, 0.2) is 36.0 Å². The van der Waals surface area contributed by atoms with E-state index in [1.165, 1.54) is 12.2 Å². The highest BCUT2D eigenvalue weighted by Gasteiger charge is 2.74. The Labute approximate surface area is 165 Å². The molecule has 0 aromatic rings. The number of aliphatic hydroxyl groups excluding tert-OH is 2. The predicted octanol–water partition coefficient (Wildman–Crippen LogP) is 2.88. The molecule has 0 saturated heterocycles. The summed E-state index contributed by atoms with van der Waals surface area (Å²) in [6.07, 6.45) is 5.14. The van der Waals surface area contributed by atoms with Crippen LogP contribution >= 0.6 is 0 Å². The number of allylic oxidation sites excluding steroid dienone is 4. The topological polar surface area (TPSA) is 77.8 Å². The third-order valence-electron chi connectivity index (χ3n) is 8.95. The van der Waals surface area contributed by atoms with Crippen LogP contribution in [0.25, 0.3) is 0 Å². The Bertz CT molecular complexity index is 802. The van der Waals surface area contributed by atoms with Crippen LogP contribution < -0.4 is 0 Å². The van der Waals surface area contributed by atoms with Gasteiger partial charge in [-0.2, -0.15) is 0 Å². The fourth-order valence-corrected chi connectivity index (χ4v) is 7.42. The molecule has 4 aliphatic rings. The molecule has 0 unspecified atom stereocenters. The number of rotatable bonds is 2. The summed E-state index contributed by atoms with van der Waals surface area (Å²) < 4.78 is 16.9. The fraction of sp³-hybridized carbons (Fsp3) is 0.696. The maximum Gasteiger partial charge on any atom is 0.178 e. The third kappa shape index (κ3) is 2.03. The zero-order chi connectivity index (χ0) is 20.7. The summed E-state index contributed by atoms with van der Waals surface area (Å²) in [5.74, 6) is -0.907. The van der Waals surface area contributed by atoms with E-state index >= 15 is 4.39 Å². The second-order valence-corrected chi connectivity index (χ2v) is 9.93. The van der Waals surface area contributed by atoms with E-state index in [1.807, 2.05) is 13.8 Å². The van der Waals surface area contributed by atoms with Gasteiger partial charge in [0.05, 0.1) is 18.3 Å². The van der Waals surface area contributed by atoms with Gasteiger partial charge in [-0.3, -0.25) is 4.79 Å². The van der Waals surface area contributed by atoms with Gasteiger partial charge in [-0.1, -0.05) is 32.1 Å². The molecule has 154 valence electrons. The molecule has 8 atom stereocenters. The first-order chi connectivity index (χ1) is 13.0. The van der Waals surface area contributed by atoms with Crippen molar-refractivity contribution in [2.75, 3.05) is 6.61 Å². The zero-order valence-corrected chi connectivity index (χ0v) is 16.9. The second kappa shape index (κ2) is 5.87. The first-order valence-corrected chi connectivity index (χ1v) is 10.3. The molecule has 4 aliphatic carbocycles. The number of carbonyl (C=O) groups excluding carboxylic acids is 1. The second-order valence-electron chi connectivity index (χ2n) is 9.93. The van der Waals surface area contributed by atoms with E-state index in [9.17, 15) is 20.1 Å². The van der Waals surface area contributed by atoms with Crippen molar-refractivity contribution in [3.05, 3.63) is 36.0 Å². The Morgan fingerprint density at radius 3 is 2.68 bits per heavy atom. The van der Waals surface area contributed by atoms with Crippen molar-refractivity contribution in [3.63, 3.8) is 0 Å². The monoisotopic (exact) mass is 390 g/mol. The lowest BCUT2D eigenvalue weighted by atomic mass is 9.44. The summed E-state index contributed by atoms with van der Waals surface area (Å²) in [5, 5.41) is 32.5. The van der Waals surface area contributed by atoms with Crippen molar-refractivity contribution in [1.82, 2.24) is 0 Å². The van der Waals surface area contributed by atoms with Crippen LogP contribution in [0.4, 0.5) is 4.39 Å². The first-order valence-electron chi connectivity index (χ1n) is 10.3. The van der Waals surface area contributed by atoms with Gasteiger partial charge in [0.25, 0.3) is 0 Å². The van der Waals surface area contributed by atoms with Gasteiger partial charge in [0, 0.05) is 16.7 Å². The fourth-order valence-electron chi connectivity index (χ4n) is 7.42. The molecule has 28 heavy (non-hydrogen) atoms. The number of aliphatic hydroxyl groups is 3. The number of alkyl halides is 1. The van der Waals surface area contributed by atoms with E-state index in [0.29, 0.717) is 24.8 Å². The Balaban J connectivity index is 1.84. The number of halogens is 1. The zero-order valence-electron chi connectivity index (χ0n) is 16.9. The molecule has 3 N–H and O–H groups in total. The van der Waals surface area contributed by atoms with Crippen LogP contribution in [0.2, 0.25) is 0 Å². The van der Waals surface area contributed by atoms with Gasteiger partial charge < -0.3 is 15.3 Å². The van der Waals surface area contributed by atoms with Gasteiger partial charge in [0.2, 0.25) is 0 Å². The highest BCUT2D eigenvalue weighted by Crippen LogP contribution is 2.71. The Hall–Kier alpha value is -1.30. The van der Waals surface area contributed by atoms with E-state index < -0.39 is 34.1 Å². The molecule has 5 heteroatoms. The van der Waals surface area contributed by atoms with Crippen LogP contribution in [-0.2, 0) is 4.79 Å². The smallest absolute Gasteiger partial charge is 0.178 e. The van der Waals surface area contributed by atoms with Crippen molar-refractivity contribution >= 4 is 5.78 Å². The molecule has 4 nitrogen and oxygen atoms in total. The molecule has 0 bridgehead atoms. The molecule has 0 aromatic carbocycles. The van der Waals surface area contributed by atoms with Crippen molar-refractivity contribution < 1.29 is 24.5 Å². The Morgan fingerprint density at radius 2 is 2.04 bits per heavy atom. The molecule has 0 aliphatic heterocycles. The van der Waals surface area contributed by atoms with E-state index in [1.54, 1.807) is 13.0 Å². The highest BCUT2D eigenvalue weighted by molar-refractivity contribution is 6.01. The minimum Gasteiger partial charge on any atom is -0.392 e. The molecule has 4 rings (SSSR count). The summed E-state index contributed by atoms with van der Waals surface area (Å²) in [5.41, 5.74) is -3.94. The lowest BCUT2D eigenvalue weighted by Gasteiger charge is -2.63. The quantitative estimate of drug-likeness (QED) is 0.634. The van der Waals surface area contributed by atoms with E-state index in [-0.39, 0.29) is 30.6 Å². The molecular weight excluding hydrogens is 359 g/mol. The van der Waals surface area contributed by atoms with Crippen LogP contribution in [0, 0.1) is 28.6 Å². The number of hydrogen-bond donors (Lipinski definition) is 3. The van der Waals surface area contributed by atoms with Crippen molar-refractivity contribution in [1.29, 1.82) is 0 Å². The van der Waals surface area contributed by atoms with Gasteiger partial charge in [0.15, 0.2) is 11.5 Å². The van der Waals surface area contributed by atoms with Gasteiger partial charge >= 0.3 is 0 Å². The Morgan fingerprint density at radius 1 is 1.36 bits per heavy atom. The van der Waals surface area contributed by atoms with Crippen LogP contribution in [0.3, 0.4) is 0 Å². The average molecular weight is 390 g/mol. The summed E-state index contributed by atoms with van der Waals surface area (Å²) >= 11 is 0. The number of carbonyl (C=O) groups is 1. The molecule has 3 saturated carbocycles. The lowest BCUT2D eigenvalue weighted by molar-refractivity contribution is -0.214. The molecule has 0 amide bonds. The first kappa shape index (κ1) is 20.0. The van der Waals surface area contributed by atoms with E-state index in [0.717, 1.165) is 5.57 Å². The van der Waals surface area contributed by atoms with Crippen molar-refractivity contribution in [3.8, 4) is 0 Å². The average Bonchev–Trinajstić information content (AvgIpc) is 2.84. The summed E-state index contributed by atoms with van der Waals surface area (Å²) in [6, 6.07) is 0. The summed E-state index contributed by atoms with van der Waals surface area (Å²) in [4.78, 5) is 11.9. The highest BCUT2D eigenvalue weighted by atomic mass is 19.1. The van der Waals surface area contributed by atoms with Crippen molar-refractivity contribution in [2.45, 2.75) is 63.8 Å². The van der Waals surface area contributed by atoms with Gasteiger partial charge in [-0.25, -0.2) is 4.39 Å². The predicted molar refractivity (Wildman–Crippen MR) is 104 cm³/mol. The number of ketones is 1. The number of hydrogen-bond acceptors (Lipinski definition) is 4. The van der Waals surface area contributed by atoms with E-state index in [2.05, 4.69) is 6.58 Å². The minimum atomic E-state index is -1.90. The van der Waals surface area contributed by atoms with E-state index in [4.69, 9.17) is 0 Å². The lowest BCUT2D eigenvalue weighted by Crippen LogP contribution is -2.68. The van der Waals surface area contributed by atoms with Gasteiger partial charge in [-0.05, 0) is 62.2 Å². The maximum absolute atomic E-state index is 16.9.